The number of benzene rings is 1. The minimum Gasteiger partial charge on any atom is -0.482 e. The monoisotopic (exact) mass is 279 g/mol. The minimum absolute atomic E-state index is 0.0942. The van der Waals surface area contributed by atoms with E-state index in [0.717, 1.165) is 0 Å². The molecule has 2 amide bonds. The quantitative estimate of drug-likeness (QED) is 0.757. The van der Waals surface area contributed by atoms with Gasteiger partial charge in [0, 0.05) is 25.7 Å². The van der Waals surface area contributed by atoms with E-state index < -0.39 is 0 Å². The third-order valence-corrected chi connectivity index (χ3v) is 2.97. The second kappa shape index (κ2) is 7.37. The van der Waals surface area contributed by atoms with Crippen LogP contribution in [0, 0.1) is 0 Å². The number of amides is 2. The topological polar surface area (TPSA) is 84.7 Å². The molecule has 0 aliphatic heterocycles. The fourth-order valence-electron chi connectivity index (χ4n) is 1.75. The molecule has 0 aliphatic carbocycles. The lowest BCUT2D eigenvalue weighted by Crippen LogP contribution is -2.34. The maximum atomic E-state index is 11.8. The largest absolute Gasteiger partial charge is 0.482 e. The predicted octanol–water partition coefficient (Wildman–Crippen LogP) is 0.876. The van der Waals surface area contributed by atoms with Gasteiger partial charge in [0.25, 0.3) is 11.8 Å². The van der Waals surface area contributed by atoms with Gasteiger partial charge < -0.3 is 20.7 Å². The van der Waals surface area contributed by atoms with Crippen LogP contribution in [0.15, 0.2) is 18.2 Å². The van der Waals surface area contributed by atoms with Gasteiger partial charge in [-0.15, -0.1) is 0 Å². The van der Waals surface area contributed by atoms with Gasteiger partial charge in [-0.1, -0.05) is 0 Å². The summed E-state index contributed by atoms with van der Waals surface area (Å²) in [6.45, 7) is 4.98. The summed E-state index contributed by atoms with van der Waals surface area (Å²) in [6, 6.07) is 4.72. The predicted molar refractivity (Wildman–Crippen MR) is 77.7 cm³/mol. The molecule has 1 rings (SSSR count). The molecule has 1 aromatic carbocycles. The molecule has 0 radical (unpaired) electrons. The van der Waals surface area contributed by atoms with Crippen molar-refractivity contribution in [2.24, 2.45) is 0 Å². The van der Waals surface area contributed by atoms with E-state index in [0.29, 0.717) is 30.1 Å². The number of anilines is 1. The van der Waals surface area contributed by atoms with Crippen LogP contribution in [-0.4, -0.2) is 43.5 Å². The fourth-order valence-corrected chi connectivity index (χ4v) is 1.75. The summed E-state index contributed by atoms with van der Waals surface area (Å²) in [7, 11) is 1.54. The second-order valence-electron chi connectivity index (χ2n) is 4.19. The zero-order valence-corrected chi connectivity index (χ0v) is 12.1. The summed E-state index contributed by atoms with van der Waals surface area (Å²) in [5.74, 6) is -0.00345. The summed E-state index contributed by atoms with van der Waals surface area (Å²) in [4.78, 5) is 25.0. The van der Waals surface area contributed by atoms with Crippen LogP contribution in [-0.2, 0) is 4.79 Å². The first-order chi connectivity index (χ1) is 9.53. The number of nitrogens with two attached hydrogens (primary N) is 1. The number of nitrogens with zero attached hydrogens (tertiary/aromatic N) is 1. The highest BCUT2D eigenvalue weighted by Gasteiger charge is 2.12. The lowest BCUT2D eigenvalue weighted by Gasteiger charge is -2.19. The third-order valence-electron chi connectivity index (χ3n) is 2.97. The number of nitrogen functional groups attached to an aromatic ring is 1. The molecule has 6 heteroatoms. The summed E-state index contributed by atoms with van der Waals surface area (Å²) in [6.07, 6.45) is 0. The molecule has 0 fully saturated rings. The Morgan fingerprint density at radius 2 is 1.95 bits per heavy atom. The second-order valence-corrected chi connectivity index (χ2v) is 4.19. The molecule has 1 aromatic rings. The van der Waals surface area contributed by atoms with E-state index in [2.05, 4.69) is 5.32 Å². The number of carbonyl (C=O) groups is 2. The number of ether oxygens (including phenoxy) is 1. The van der Waals surface area contributed by atoms with Crippen molar-refractivity contribution in [1.29, 1.82) is 0 Å². The van der Waals surface area contributed by atoms with Crippen molar-refractivity contribution in [1.82, 2.24) is 10.2 Å². The maximum absolute atomic E-state index is 11.8. The Bertz CT molecular complexity index is 485. The van der Waals surface area contributed by atoms with Crippen molar-refractivity contribution in [2.45, 2.75) is 13.8 Å². The minimum atomic E-state index is -0.232. The lowest BCUT2D eigenvalue weighted by molar-refractivity contribution is -0.132. The van der Waals surface area contributed by atoms with E-state index >= 15 is 0 Å². The number of nitrogens with one attached hydrogen (secondary N) is 1. The average molecular weight is 279 g/mol. The molecule has 110 valence electrons. The van der Waals surface area contributed by atoms with Crippen LogP contribution in [0.3, 0.4) is 0 Å². The van der Waals surface area contributed by atoms with E-state index in [1.165, 1.54) is 6.07 Å². The maximum Gasteiger partial charge on any atom is 0.260 e. The lowest BCUT2D eigenvalue weighted by atomic mass is 10.2. The van der Waals surface area contributed by atoms with Crippen molar-refractivity contribution in [3.63, 3.8) is 0 Å². The van der Waals surface area contributed by atoms with Crippen molar-refractivity contribution < 1.29 is 14.3 Å². The first-order valence-corrected chi connectivity index (χ1v) is 6.55. The summed E-state index contributed by atoms with van der Waals surface area (Å²) < 4.78 is 5.42. The van der Waals surface area contributed by atoms with Gasteiger partial charge >= 0.3 is 0 Å². The number of likely N-dealkylation sites (N-methyl/N-ethyl adjacent to an activating group) is 1. The van der Waals surface area contributed by atoms with Gasteiger partial charge in [0.1, 0.15) is 5.75 Å². The molecule has 0 saturated carbocycles. The van der Waals surface area contributed by atoms with Crippen LogP contribution in [0.5, 0.6) is 5.75 Å². The molecule has 0 aliphatic rings. The molecule has 0 saturated heterocycles. The molecule has 0 heterocycles. The summed E-state index contributed by atoms with van der Waals surface area (Å²) in [5.41, 5.74) is 6.61. The van der Waals surface area contributed by atoms with Crippen molar-refractivity contribution in [3.8, 4) is 5.75 Å². The number of hydrogen-bond donors (Lipinski definition) is 2. The van der Waals surface area contributed by atoms with Crippen LogP contribution in [0.2, 0.25) is 0 Å². The van der Waals surface area contributed by atoms with Crippen LogP contribution in [0.4, 0.5) is 5.69 Å². The molecule has 0 bridgehead atoms. The summed E-state index contributed by atoms with van der Waals surface area (Å²) >= 11 is 0. The Morgan fingerprint density at radius 3 is 2.50 bits per heavy atom. The Kier molecular flexibility index (Phi) is 5.83. The molecule has 0 spiro atoms. The van der Waals surface area contributed by atoms with E-state index in [9.17, 15) is 9.59 Å². The number of rotatable bonds is 6. The highest BCUT2D eigenvalue weighted by atomic mass is 16.5. The first-order valence-electron chi connectivity index (χ1n) is 6.55. The van der Waals surface area contributed by atoms with Gasteiger partial charge in [-0.25, -0.2) is 0 Å². The first kappa shape index (κ1) is 15.8. The van der Waals surface area contributed by atoms with Crippen molar-refractivity contribution in [2.75, 3.05) is 32.5 Å². The highest BCUT2D eigenvalue weighted by molar-refractivity contribution is 5.95. The zero-order valence-electron chi connectivity index (χ0n) is 12.1. The molecule has 3 N–H and O–H groups in total. The van der Waals surface area contributed by atoms with Gasteiger partial charge in [0.15, 0.2) is 6.61 Å². The van der Waals surface area contributed by atoms with Gasteiger partial charge in [0.05, 0.1) is 5.69 Å². The summed E-state index contributed by atoms with van der Waals surface area (Å²) in [5, 5.41) is 2.52. The van der Waals surface area contributed by atoms with E-state index in [4.69, 9.17) is 10.5 Å². The smallest absolute Gasteiger partial charge is 0.260 e. The highest BCUT2D eigenvalue weighted by Crippen LogP contribution is 2.22. The Balaban J connectivity index is 2.77. The molecule has 0 atom stereocenters. The Labute approximate surface area is 118 Å². The van der Waals surface area contributed by atoms with Crippen LogP contribution >= 0.6 is 0 Å². The molecule has 0 unspecified atom stereocenters. The molecular formula is C14H21N3O3. The van der Waals surface area contributed by atoms with E-state index in [1.807, 2.05) is 13.8 Å². The van der Waals surface area contributed by atoms with Gasteiger partial charge in [-0.2, -0.15) is 0 Å². The van der Waals surface area contributed by atoms with Crippen LogP contribution in [0.25, 0.3) is 0 Å². The van der Waals surface area contributed by atoms with Gasteiger partial charge in [-0.3, -0.25) is 9.59 Å². The SMILES string of the molecule is CCN(CC)C(=O)COc1cc(C(=O)NC)ccc1N. The van der Waals surface area contributed by atoms with E-state index in [-0.39, 0.29) is 18.4 Å². The fraction of sp³-hybridized carbons (Fsp3) is 0.429. The Morgan fingerprint density at radius 1 is 1.30 bits per heavy atom. The number of hydrogen-bond acceptors (Lipinski definition) is 4. The van der Waals surface area contributed by atoms with Gasteiger partial charge in [-0.05, 0) is 32.0 Å². The molecule has 0 aromatic heterocycles. The van der Waals surface area contributed by atoms with Crippen LogP contribution in [0.1, 0.15) is 24.2 Å². The Hall–Kier alpha value is -2.24. The molecular weight excluding hydrogens is 258 g/mol. The molecule has 6 nitrogen and oxygen atoms in total. The van der Waals surface area contributed by atoms with E-state index in [1.54, 1.807) is 24.1 Å². The van der Waals surface area contributed by atoms with Crippen molar-refractivity contribution in [3.05, 3.63) is 23.8 Å². The normalized spacial score (nSPS) is 9.95. The third kappa shape index (κ3) is 3.88. The van der Waals surface area contributed by atoms with Crippen molar-refractivity contribution >= 4 is 17.5 Å². The number of carbonyl (C=O) groups excluding carboxylic acids is 2. The molecule has 20 heavy (non-hydrogen) atoms. The van der Waals surface area contributed by atoms with Gasteiger partial charge in [0.2, 0.25) is 0 Å². The zero-order chi connectivity index (χ0) is 15.1. The van der Waals surface area contributed by atoms with Crippen LogP contribution < -0.4 is 15.8 Å². The average Bonchev–Trinajstić information content (AvgIpc) is 2.46. The standard InChI is InChI=1S/C14H21N3O3/c1-4-17(5-2)13(18)9-20-12-8-10(14(19)16-3)6-7-11(12)15/h6-8H,4-5,9,15H2,1-3H3,(H,16,19).